The molecule has 7 nitrogen and oxygen atoms in total. The molecule has 0 bridgehead atoms. The van der Waals surface area contributed by atoms with Gasteiger partial charge in [0.25, 0.3) is 0 Å². The van der Waals surface area contributed by atoms with E-state index in [2.05, 4.69) is 10.2 Å². The van der Waals surface area contributed by atoms with Crippen LogP contribution in [0.5, 0.6) is 23.0 Å². The van der Waals surface area contributed by atoms with Gasteiger partial charge in [0.15, 0.2) is 23.0 Å². The van der Waals surface area contributed by atoms with Crippen molar-refractivity contribution in [1.29, 1.82) is 0 Å². The first-order valence-corrected chi connectivity index (χ1v) is 13.2. The number of benzene rings is 3. The molecule has 8 heteroatoms. The van der Waals surface area contributed by atoms with Gasteiger partial charge >= 0.3 is 0 Å². The minimum atomic E-state index is -0.0506. The van der Waals surface area contributed by atoms with Gasteiger partial charge in [-0.2, -0.15) is 0 Å². The quantitative estimate of drug-likeness (QED) is 0.413. The minimum absolute atomic E-state index is 0.00455. The summed E-state index contributed by atoms with van der Waals surface area (Å²) in [7, 11) is 6.56. The zero-order valence-electron chi connectivity index (χ0n) is 21.8. The molecule has 0 saturated heterocycles. The van der Waals surface area contributed by atoms with Crippen molar-refractivity contribution in [3.63, 3.8) is 0 Å². The van der Waals surface area contributed by atoms with E-state index >= 15 is 0 Å². The first kappa shape index (κ1) is 26.7. The summed E-state index contributed by atoms with van der Waals surface area (Å²) in [5.41, 5.74) is 3.28. The number of methoxy groups -OCH3 is 4. The number of rotatable bonds is 10. The Morgan fingerprint density at radius 1 is 0.865 bits per heavy atom. The Bertz CT molecular complexity index is 1200. The average Bonchev–Trinajstić information content (AvgIpc) is 3.09. The van der Waals surface area contributed by atoms with Crippen LogP contribution in [-0.4, -0.2) is 58.1 Å². The number of carbonyl (C=O) groups is 1. The van der Waals surface area contributed by atoms with Crippen molar-refractivity contribution in [2.24, 2.45) is 0 Å². The predicted octanol–water partition coefficient (Wildman–Crippen LogP) is 4.73. The van der Waals surface area contributed by atoms with Crippen LogP contribution in [0.4, 0.5) is 0 Å². The molecule has 0 fully saturated rings. The van der Waals surface area contributed by atoms with Crippen LogP contribution in [0.1, 0.15) is 22.7 Å². The molecule has 1 unspecified atom stereocenters. The van der Waals surface area contributed by atoms with E-state index in [9.17, 15) is 4.79 Å². The van der Waals surface area contributed by atoms with E-state index in [0.29, 0.717) is 42.5 Å². The Labute approximate surface area is 223 Å². The molecule has 1 amide bonds. The Kier molecular flexibility index (Phi) is 9.19. The minimum Gasteiger partial charge on any atom is -0.493 e. The number of carbonyl (C=O) groups excluding carboxylic acids is 1. The van der Waals surface area contributed by atoms with Crippen LogP contribution in [0.2, 0.25) is 0 Å². The molecular weight excluding hydrogens is 488 g/mol. The molecule has 1 atom stereocenters. The molecule has 0 aromatic heterocycles. The molecule has 0 aliphatic carbocycles. The Morgan fingerprint density at radius 3 is 2.24 bits per heavy atom. The first-order valence-electron chi connectivity index (χ1n) is 12.2. The average molecular weight is 523 g/mol. The predicted molar refractivity (Wildman–Crippen MR) is 146 cm³/mol. The highest BCUT2D eigenvalue weighted by molar-refractivity contribution is 7.99. The highest BCUT2D eigenvalue weighted by Crippen LogP contribution is 2.43. The number of thioether (sulfide) groups is 1. The second-order valence-electron chi connectivity index (χ2n) is 8.74. The fourth-order valence-corrected chi connectivity index (χ4v) is 5.68. The van der Waals surface area contributed by atoms with Gasteiger partial charge in [0, 0.05) is 29.8 Å². The summed E-state index contributed by atoms with van der Waals surface area (Å²) in [5.74, 6) is 3.60. The lowest BCUT2D eigenvalue weighted by Gasteiger charge is -2.31. The van der Waals surface area contributed by atoms with Crippen molar-refractivity contribution in [1.82, 2.24) is 10.2 Å². The topological polar surface area (TPSA) is 69.3 Å². The van der Waals surface area contributed by atoms with Crippen LogP contribution in [0.15, 0.2) is 65.6 Å². The summed E-state index contributed by atoms with van der Waals surface area (Å²) >= 11 is 1.77. The highest BCUT2D eigenvalue weighted by Gasteiger charge is 2.30. The monoisotopic (exact) mass is 522 g/mol. The number of fused-ring (bicyclic) bond motifs is 1. The van der Waals surface area contributed by atoms with Crippen LogP contribution in [0.25, 0.3) is 0 Å². The summed E-state index contributed by atoms with van der Waals surface area (Å²) in [6.45, 7) is 1.56. The zero-order valence-corrected chi connectivity index (χ0v) is 22.6. The summed E-state index contributed by atoms with van der Waals surface area (Å²) in [6, 6.07) is 20.0. The van der Waals surface area contributed by atoms with Gasteiger partial charge in [-0.1, -0.05) is 36.4 Å². The number of ether oxygens (including phenoxy) is 4. The number of hydrogen-bond donors (Lipinski definition) is 1. The van der Waals surface area contributed by atoms with Crippen molar-refractivity contribution < 1.29 is 23.7 Å². The molecule has 196 valence electrons. The van der Waals surface area contributed by atoms with Crippen molar-refractivity contribution in [2.45, 2.75) is 23.9 Å². The maximum Gasteiger partial charge on any atom is 0.234 e. The molecule has 0 saturated carbocycles. The van der Waals surface area contributed by atoms with Crippen LogP contribution in [0.3, 0.4) is 0 Å². The van der Waals surface area contributed by atoms with Gasteiger partial charge in [0.2, 0.25) is 5.91 Å². The molecule has 3 aromatic rings. The van der Waals surface area contributed by atoms with Crippen LogP contribution in [0, 0.1) is 0 Å². The standard InChI is InChI=1S/C29H34N2O5S/c1-33-24-11-10-21(15-25(24)34-2)14-23-22-16-26(35-3)27(36-4)17-28(22)37-13-12-31(23)19-29(32)30-18-20-8-6-5-7-9-20/h5-11,15-17,23H,12-14,18-19H2,1-4H3,(H,30,32). The molecule has 0 radical (unpaired) electrons. The maximum atomic E-state index is 13.1. The van der Waals surface area contributed by atoms with E-state index in [1.165, 1.54) is 0 Å². The molecule has 1 aliphatic rings. The van der Waals surface area contributed by atoms with Gasteiger partial charge in [0.1, 0.15) is 0 Å². The third kappa shape index (κ3) is 6.50. The van der Waals surface area contributed by atoms with Gasteiger partial charge in [0.05, 0.1) is 35.0 Å². The second kappa shape index (κ2) is 12.7. The van der Waals surface area contributed by atoms with Crippen molar-refractivity contribution >= 4 is 17.7 Å². The second-order valence-corrected chi connectivity index (χ2v) is 9.87. The van der Waals surface area contributed by atoms with Gasteiger partial charge < -0.3 is 24.3 Å². The molecule has 1 heterocycles. The molecular formula is C29H34N2O5S. The third-order valence-electron chi connectivity index (χ3n) is 6.51. The van der Waals surface area contributed by atoms with Crippen molar-refractivity contribution in [3.8, 4) is 23.0 Å². The fraction of sp³-hybridized carbons (Fsp3) is 0.345. The summed E-state index contributed by atoms with van der Waals surface area (Å²) in [5, 5.41) is 3.08. The van der Waals surface area contributed by atoms with E-state index in [1.807, 2.05) is 60.7 Å². The molecule has 4 rings (SSSR count). The highest BCUT2D eigenvalue weighted by atomic mass is 32.2. The SMILES string of the molecule is COc1ccc(CC2c3cc(OC)c(OC)cc3SCCN2CC(=O)NCc2ccccc2)cc1OC. The van der Waals surface area contributed by atoms with E-state index in [0.717, 1.165) is 33.9 Å². The normalized spacial score (nSPS) is 15.3. The first-order chi connectivity index (χ1) is 18.1. The molecule has 3 aromatic carbocycles. The van der Waals surface area contributed by atoms with Crippen molar-refractivity contribution in [2.75, 3.05) is 47.3 Å². The zero-order chi connectivity index (χ0) is 26.2. The summed E-state index contributed by atoms with van der Waals surface area (Å²) in [4.78, 5) is 16.5. The molecule has 0 spiro atoms. The van der Waals surface area contributed by atoms with E-state index in [1.54, 1.807) is 40.2 Å². The summed E-state index contributed by atoms with van der Waals surface area (Å²) in [6.07, 6.45) is 0.690. The van der Waals surface area contributed by atoms with Gasteiger partial charge in [-0.3, -0.25) is 9.69 Å². The Hall–Kier alpha value is -3.36. The number of nitrogens with one attached hydrogen (secondary N) is 1. The number of nitrogens with zero attached hydrogens (tertiary/aromatic N) is 1. The molecule has 1 N–H and O–H groups in total. The van der Waals surface area contributed by atoms with Gasteiger partial charge in [-0.05, 0) is 47.4 Å². The lowest BCUT2D eigenvalue weighted by atomic mass is 9.96. The van der Waals surface area contributed by atoms with E-state index in [4.69, 9.17) is 18.9 Å². The fourth-order valence-electron chi connectivity index (χ4n) is 4.58. The number of hydrogen-bond acceptors (Lipinski definition) is 7. The van der Waals surface area contributed by atoms with Crippen molar-refractivity contribution in [3.05, 3.63) is 77.4 Å². The van der Waals surface area contributed by atoms with Gasteiger partial charge in [-0.25, -0.2) is 0 Å². The van der Waals surface area contributed by atoms with Gasteiger partial charge in [-0.15, -0.1) is 11.8 Å². The maximum absolute atomic E-state index is 13.1. The third-order valence-corrected chi connectivity index (χ3v) is 7.56. The smallest absolute Gasteiger partial charge is 0.234 e. The summed E-state index contributed by atoms with van der Waals surface area (Å²) < 4.78 is 22.2. The van der Waals surface area contributed by atoms with E-state index < -0.39 is 0 Å². The Balaban J connectivity index is 1.64. The number of amides is 1. The van der Waals surface area contributed by atoms with Crippen LogP contribution >= 0.6 is 11.8 Å². The lowest BCUT2D eigenvalue weighted by Crippen LogP contribution is -2.40. The van der Waals surface area contributed by atoms with Crippen LogP contribution < -0.4 is 24.3 Å². The Morgan fingerprint density at radius 2 is 1.54 bits per heavy atom. The molecule has 1 aliphatic heterocycles. The molecule has 37 heavy (non-hydrogen) atoms. The lowest BCUT2D eigenvalue weighted by molar-refractivity contribution is -0.123. The van der Waals surface area contributed by atoms with Crippen LogP contribution in [-0.2, 0) is 17.8 Å². The largest absolute Gasteiger partial charge is 0.493 e. The van der Waals surface area contributed by atoms with E-state index in [-0.39, 0.29) is 11.9 Å².